The van der Waals surface area contributed by atoms with E-state index in [-0.39, 0.29) is 17.2 Å². The number of amides is 2. The van der Waals surface area contributed by atoms with Crippen LogP contribution in [-0.2, 0) is 4.79 Å². The number of para-hydroxylation sites is 1. The predicted molar refractivity (Wildman–Crippen MR) is 101 cm³/mol. The molecule has 1 saturated heterocycles. The van der Waals surface area contributed by atoms with Crippen LogP contribution < -0.4 is 5.32 Å². The van der Waals surface area contributed by atoms with E-state index < -0.39 is 0 Å². The van der Waals surface area contributed by atoms with Crippen LogP contribution in [0.15, 0.2) is 65.7 Å². The summed E-state index contributed by atoms with van der Waals surface area (Å²) in [7, 11) is 0. The van der Waals surface area contributed by atoms with E-state index in [4.69, 9.17) is 0 Å². The van der Waals surface area contributed by atoms with Crippen molar-refractivity contribution < 1.29 is 9.59 Å². The SMILES string of the molecule is CC(c1ccccc1)n1cc(/C=C2/SC(=O)NC2=O)c2ccccc21. The van der Waals surface area contributed by atoms with E-state index in [0.29, 0.717) is 4.91 Å². The molecule has 1 aliphatic heterocycles. The number of benzene rings is 2. The number of carbonyl (C=O) groups is 2. The number of nitrogens with zero attached hydrogens (tertiary/aromatic N) is 1. The predicted octanol–water partition coefficient (Wildman–Crippen LogP) is 4.57. The van der Waals surface area contributed by atoms with Gasteiger partial charge in [0.25, 0.3) is 11.1 Å². The lowest BCUT2D eigenvalue weighted by atomic mass is 10.1. The summed E-state index contributed by atoms with van der Waals surface area (Å²) >= 11 is 0.943. The fourth-order valence-electron chi connectivity index (χ4n) is 3.12. The van der Waals surface area contributed by atoms with Crippen molar-refractivity contribution in [3.05, 3.63) is 76.8 Å². The lowest BCUT2D eigenvalue weighted by molar-refractivity contribution is -0.115. The Labute approximate surface area is 149 Å². The zero-order valence-corrected chi connectivity index (χ0v) is 14.4. The van der Waals surface area contributed by atoms with Gasteiger partial charge in [0.2, 0.25) is 0 Å². The van der Waals surface area contributed by atoms with Crippen molar-refractivity contribution in [2.45, 2.75) is 13.0 Å². The van der Waals surface area contributed by atoms with Gasteiger partial charge in [0.15, 0.2) is 0 Å². The van der Waals surface area contributed by atoms with Gasteiger partial charge < -0.3 is 4.57 Å². The molecule has 1 fully saturated rings. The van der Waals surface area contributed by atoms with Crippen LogP contribution in [0, 0.1) is 0 Å². The molecule has 0 bridgehead atoms. The lowest BCUT2D eigenvalue weighted by Gasteiger charge is -2.15. The Bertz CT molecular complexity index is 1000. The van der Waals surface area contributed by atoms with Crippen molar-refractivity contribution in [3.63, 3.8) is 0 Å². The first-order valence-electron chi connectivity index (χ1n) is 8.03. The molecule has 4 rings (SSSR count). The molecule has 1 N–H and O–H groups in total. The number of carbonyl (C=O) groups excluding carboxylic acids is 2. The highest BCUT2D eigenvalue weighted by Crippen LogP contribution is 2.32. The van der Waals surface area contributed by atoms with Gasteiger partial charge in [-0.1, -0.05) is 48.5 Å². The topological polar surface area (TPSA) is 51.1 Å². The van der Waals surface area contributed by atoms with Gasteiger partial charge in [0.05, 0.1) is 10.9 Å². The van der Waals surface area contributed by atoms with Gasteiger partial charge in [-0.05, 0) is 36.4 Å². The Morgan fingerprint density at radius 3 is 2.48 bits per heavy atom. The third-order valence-electron chi connectivity index (χ3n) is 4.40. The molecule has 3 aromatic rings. The molecule has 124 valence electrons. The number of hydrogen-bond acceptors (Lipinski definition) is 3. The van der Waals surface area contributed by atoms with Crippen LogP contribution in [0.2, 0.25) is 0 Å². The Morgan fingerprint density at radius 2 is 1.76 bits per heavy atom. The Balaban J connectivity index is 1.84. The number of fused-ring (bicyclic) bond motifs is 1. The number of imide groups is 1. The first-order valence-corrected chi connectivity index (χ1v) is 8.84. The molecule has 2 amide bonds. The summed E-state index contributed by atoms with van der Waals surface area (Å²) in [6.45, 7) is 2.15. The van der Waals surface area contributed by atoms with Crippen molar-refractivity contribution in [3.8, 4) is 0 Å². The maximum absolute atomic E-state index is 11.9. The van der Waals surface area contributed by atoms with Crippen LogP contribution >= 0.6 is 11.8 Å². The van der Waals surface area contributed by atoms with E-state index >= 15 is 0 Å². The van der Waals surface area contributed by atoms with Crippen molar-refractivity contribution in [2.24, 2.45) is 0 Å². The Hall–Kier alpha value is -2.79. The van der Waals surface area contributed by atoms with Gasteiger partial charge >= 0.3 is 0 Å². The van der Waals surface area contributed by atoms with Crippen LogP contribution in [0.1, 0.15) is 24.1 Å². The first-order chi connectivity index (χ1) is 12.1. The number of rotatable bonds is 3. The summed E-state index contributed by atoms with van der Waals surface area (Å²) in [6, 6.07) is 18.5. The second-order valence-corrected chi connectivity index (χ2v) is 6.96. The zero-order valence-electron chi connectivity index (χ0n) is 13.6. The summed E-state index contributed by atoms with van der Waals surface area (Å²) in [5.41, 5.74) is 3.25. The molecule has 4 nitrogen and oxygen atoms in total. The molecule has 25 heavy (non-hydrogen) atoms. The quantitative estimate of drug-likeness (QED) is 0.705. The van der Waals surface area contributed by atoms with Gasteiger partial charge in [-0.2, -0.15) is 0 Å². The van der Waals surface area contributed by atoms with Gasteiger partial charge in [0, 0.05) is 22.7 Å². The maximum atomic E-state index is 11.9. The number of thioether (sulfide) groups is 1. The minimum Gasteiger partial charge on any atom is -0.340 e. The van der Waals surface area contributed by atoms with Crippen LogP contribution in [0.5, 0.6) is 0 Å². The minimum absolute atomic E-state index is 0.157. The summed E-state index contributed by atoms with van der Waals surface area (Å²) in [6.07, 6.45) is 3.84. The van der Waals surface area contributed by atoms with E-state index in [9.17, 15) is 9.59 Å². The van der Waals surface area contributed by atoms with Crippen LogP contribution in [0.3, 0.4) is 0 Å². The van der Waals surface area contributed by atoms with E-state index in [1.165, 1.54) is 5.56 Å². The number of aromatic nitrogens is 1. The van der Waals surface area contributed by atoms with Crippen LogP contribution in [0.4, 0.5) is 4.79 Å². The first kappa shape index (κ1) is 15.7. The Kier molecular flexibility index (Phi) is 3.93. The second-order valence-electron chi connectivity index (χ2n) is 5.95. The molecule has 2 heterocycles. The fourth-order valence-corrected chi connectivity index (χ4v) is 3.79. The maximum Gasteiger partial charge on any atom is 0.290 e. The van der Waals surface area contributed by atoms with Gasteiger partial charge in [0.1, 0.15) is 0 Å². The van der Waals surface area contributed by atoms with Crippen molar-refractivity contribution in [1.29, 1.82) is 0 Å². The van der Waals surface area contributed by atoms with Gasteiger partial charge in [-0.3, -0.25) is 14.9 Å². The second kappa shape index (κ2) is 6.26. The molecular weight excluding hydrogens is 332 g/mol. The molecule has 1 atom stereocenters. The lowest BCUT2D eigenvalue weighted by Crippen LogP contribution is -2.17. The smallest absolute Gasteiger partial charge is 0.290 e. The molecule has 0 spiro atoms. The summed E-state index contributed by atoms with van der Waals surface area (Å²) < 4.78 is 2.20. The van der Waals surface area contributed by atoms with Crippen molar-refractivity contribution >= 4 is 39.9 Å². The average molecular weight is 348 g/mol. The average Bonchev–Trinajstić information content (AvgIpc) is 3.15. The van der Waals surface area contributed by atoms with Gasteiger partial charge in [-0.15, -0.1) is 0 Å². The molecule has 5 heteroatoms. The van der Waals surface area contributed by atoms with Crippen LogP contribution in [-0.4, -0.2) is 15.7 Å². The molecular formula is C20H16N2O2S. The molecule has 0 saturated carbocycles. The molecule has 1 aliphatic rings. The molecule has 1 unspecified atom stereocenters. The third-order valence-corrected chi connectivity index (χ3v) is 5.21. The molecule has 0 aliphatic carbocycles. The van der Waals surface area contributed by atoms with E-state index in [2.05, 4.69) is 35.0 Å². The molecule has 1 aromatic heterocycles. The van der Waals surface area contributed by atoms with Crippen LogP contribution in [0.25, 0.3) is 17.0 Å². The largest absolute Gasteiger partial charge is 0.340 e. The summed E-state index contributed by atoms with van der Waals surface area (Å²) in [5, 5.41) is 3.04. The highest BCUT2D eigenvalue weighted by Gasteiger charge is 2.25. The van der Waals surface area contributed by atoms with Crippen molar-refractivity contribution in [1.82, 2.24) is 9.88 Å². The zero-order chi connectivity index (χ0) is 17.4. The molecule has 2 aromatic carbocycles. The third kappa shape index (κ3) is 2.87. The fraction of sp³-hybridized carbons (Fsp3) is 0.100. The highest BCUT2D eigenvalue weighted by molar-refractivity contribution is 8.18. The van der Waals surface area contributed by atoms with E-state index in [1.54, 1.807) is 6.08 Å². The Morgan fingerprint density at radius 1 is 1.04 bits per heavy atom. The number of nitrogens with one attached hydrogen (secondary N) is 1. The minimum atomic E-state index is -0.331. The summed E-state index contributed by atoms with van der Waals surface area (Å²) in [4.78, 5) is 23.7. The standard InChI is InChI=1S/C20H16N2O2S/c1-13(14-7-3-2-4-8-14)22-12-15(16-9-5-6-10-17(16)22)11-18-19(23)21-20(24)25-18/h2-13H,1H3,(H,21,23,24)/b18-11+. The highest BCUT2D eigenvalue weighted by atomic mass is 32.2. The molecule has 0 radical (unpaired) electrons. The normalized spacial score (nSPS) is 17.2. The summed E-state index contributed by atoms with van der Waals surface area (Å²) in [5.74, 6) is -0.331. The monoisotopic (exact) mass is 348 g/mol. The van der Waals surface area contributed by atoms with Crippen molar-refractivity contribution in [2.75, 3.05) is 0 Å². The van der Waals surface area contributed by atoms with E-state index in [0.717, 1.165) is 28.2 Å². The number of hydrogen-bond donors (Lipinski definition) is 1. The van der Waals surface area contributed by atoms with Gasteiger partial charge in [-0.25, -0.2) is 0 Å². The van der Waals surface area contributed by atoms with E-state index in [1.807, 2.05) is 42.6 Å².